The number of hydrogen-bond donors (Lipinski definition) is 3. The van der Waals surface area contributed by atoms with Crippen LogP contribution in [0.4, 0.5) is 5.69 Å². The normalized spacial score (nSPS) is 14.6. The summed E-state index contributed by atoms with van der Waals surface area (Å²) in [7, 11) is 0. The van der Waals surface area contributed by atoms with Crippen molar-refractivity contribution in [1.29, 1.82) is 0 Å². The Morgan fingerprint density at radius 2 is 1.97 bits per heavy atom. The summed E-state index contributed by atoms with van der Waals surface area (Å²) >= 11 is 0. The van der Waals surface area contributed by atoms with Crippen molar-refractivity contribution in [3.63, 3.8) is 0 Å². The van der Waals surface area contributed by atoms with Crippen LogP contribution in [-0.4, -0.2) is 36.0 Å². The zero-order valence-electron chi connectivity index (χ0n) is 18.7. The van der Waals surface area contributed by atoms with Crippen molar-refractivity contribution >= 4 is 33.7 Å². The smallest absolute Gasteiger partial charge is 0.224 e. The molecule has 0 aliphatic heterocycles. The molecule has 6 rings (SSSR count). The van der Waals surface area contributed by atoms with E-state index in [0.717, 1.165) is 57.6 Å². The number of nitrogens with zero attached hydrogens (tertiary/aromatic N) is 4. The molecule has 5 heterocycles. The van der Waals surface area contributed by atoms with E-state index in [-0.39, 0.29) is 5.91 Å². The minimum Gasteiger partial charge on any atom is -0.352 e. The molecule has 1 fully saturated rings. The lowest BCUT2D eigenvalue weighted by Crippen LogP contribution is -2.18. The van der Waals surface area contributed by atoms with Gasteiger partial charge in [0.1, 0.15) is 11.2 Å². The van der Waals surface area contributed by atoms with Gasteiger partial charge >= 0.3 is 0 Å². The standard InChI is InChI=1S/C26H25N7O/c34-24(11-16-5-2-1-3-6-16)29-18-12-17(14-27-15-18)19-8-9-21-25(31-19)26(33-32-21)23-13-22-20(30-23)7-4-10-28-22/h4,7-10,12-16,30H,1-3,5-6,11H2,(H,29,34)(H,32,33). The summed E-state index contributed by atoms with van der Waals surface area (Å²) in [5, 5.41) is 10.6. The fourth-order valence-corrected chi connectivity index (χ4v) is 4.85. The Kier molecular flexibility index (Phi) is 5.25. The van der Waals surface area contributed by atoms with E-state index in [9.17, 15) is 4.79 Å². The summed E-state index contributed by atoms with van der Waals surface area (Å²) in [6.45, 7) is 0. The van der Waals surface area contributed by atoms with Crippen molar-refractivity contribution in [3.05, 3.63) is 55.0 Å². The number of pyridine rings is 3. The zero-order chi connectivity index (χ0) is 22.9. The number of anilines is 1. The minimum absolute atomic E-state index is 0.0544. The number of hydrogen-bond acceptors (Lipinski definition) is 5. The molecular weight excluding hydrogens is 426 g/mol. The van der Waals surface area contributed by atoms with Crippen molar-refractivity contribution in [2.24, 2.45) is 5.92 Å². The lowest BCUT2D eigenvalue weighted by Gasteiger charge is -2.20. The van der Waals surface area contributed by atoms with E-state index in [2.05, 4.69) is 30.5 Å². The van der Waals surface area contributed by atoms with E-state index in [1.54, 1.807) is 18.6 Å². The molecule has 3 N–H and O–H groups in total. The van der Waals surface area contributed by atoms with Gasteiger partial charge in [0.05, 0.1) is 39.8 Å². The lowest BCUT2D eigenvalue weighted by molar-refractivity contribution is -0.117. The topological polar surface area (TPSA) is 112 Å². The predicted molar refractivity (Wildman–Crippen MR) is 132 cm³/mol. The number of rotatable bonds is 5. The second kappa shape index (κ2) is 8.70. The van der Waals surface area contributed by atoms with Gasteiger partial charge in [-0.15, -0.1) is 0 Å². The van der Waals surface area contributed by atoms with Crippen LogP contribution in [0.2, 0.25) is 0 Å². The fourth-order valence-electron chi connectivity index (χ4n) is 4.85. The van der Waals surface area contributed by atoms with E-state index in [0.29, 0.717) is 18.0 Å². The van der Waals surface area contributed by atoms with Gasteiger partial charge in [-0.25, -0.2) is 4.98 Å². The van der Waals surface area contributed by atoms with E-state index >= 15 is 0 Å². The third kappa shape index (κ3) is 4.03. The second-order valence-corrected chi connectivity index (χ2v) is 9.00. The highest BCUT2D eigenvalue weighted by molar-refractivity contribution is 5.94. The largest absolute Gasteiger partial charge is 0.352 e. The van der Waals surface area contributed by atoms with Crippen LogP contribution in [0.3, 0.4) is 0 Å². The highest BCUT2D eigenvalue weighted by Gasteiger charge is 2.18. The van der Waals surface area contributed by atoms with Crippen molar-refractivity contribution in [2.45, 2.75) is 38.5 Å². The average molecular weight is 452 g/mol. The molecule has 5 aromatic rings. The lowest BCUT2D eigenvalue weighted by atomic mass is 9.87. The Morgan fingerprint density at radius 1 is 1.06 bits per heavy atom. The molecule has 0 radical (unpaired) electrons. The second-order valence-electron chi connectivity index (χ2n) is 9.00. The van der Waals surface area contributed by atoms with Gasteiger partial charge in [-0.2, -0.15) is 5.10 Å². The maximum atomic E-state index is 12.6. The molecule has 5 aromatic heterocycles. The first-order chi connectivity index (χ1) is 16.7. The SMILES string of the molecule is O=C(CC1CCCCC1)Nc1cncc(-c2ccc3[nH]nc(-c4cc5ncccc5[nH]4)c3n2)c1. The maximum Gasteiger partial charge on any atom is 0.224 e. The van der Waals surface area contributed by atoms with Gasteiger partial charge in [-0.3, -0.25) is 19.9 Å². The predicted octanol–water partition coefficient (Wildman–Crippen LogP) is 5.47. The van der Waals surface area contributed by atoms with Gasteiger partial charge in [-0.05, 0) is 55.2 Å². The van der Waals surface area contributed by atoms with E-state index < -0.39 is 0 Å². The fraction of sp³-hybridized carbons (Fsp3) is 0.269. The van der Waals surface area contributed by atoms with Gasteiger partial charge in [0.2, 0.25) is 5.91 Å². The van der Waals surface area contributed by atoms with Crippen LogP contribution in [0.1, 0.15) is 38.5 Å². The minimum atomic E-state index is 0.0544. The first-order valence-electron chi connectivity index (χ1n) is 11.8. The number of H-pyrrole nitrogens is 2. The highest BCUT2D eigenvalue weighted by atomic mass is 16.1. The van der Waals surface area contributed by atoms with Gasteiger partial charge < -0.3 is 10.3 Å². The van der Waals surface area contributed by atoms with Crippen LogP contribution < -0.4 is 5.32 Å². The molecule has 0 saturated heterocycles. The number of aromatic amines is 2. The molecule has 8 nitrogen and oxygen atoms in total. The molecular formula is C26H25N7O. The molecule has 1 aliphatic carbocycles. The molecule has 1 saturated carbocycles. The molecule has 170 valence electrons. The van der Waals surface area contributed by atoms with Crippen LogP contribution in [0.5, 0.6) is 0 Å². The molecule has 8 heteroatoms. The number of amides is 1. The number of fused-ring (bicyclic) bond motifs is 2. The summed E-state index contributed by atoms with van der Waals surface area (Å²) < 4.78 is 0. The quantitative estimate of drug-likeness (QED) is 0.328. The van der Waals surface area contributed by atoms with Gasteiger partial charge in [0.25, 0.3) is 0 Å². The first kappa shape index (κ1) is 20.5. The Labute approximate surface area is 196 Å². The zero-order valence-corrected chi connectivity index (χ0v) is 18.7. The van der Waals surface area contributed by atoms with E-state index in [1.807, 2.05) is 36.4 Å². The number of carbonyl (C=O) groups excluding carboxylic acids is 1. The van der Waals surface area contributed by atoms with Gasteiger partial charge in [0, 0.05) is 24.4 Å². The van der Waals surface area contributed by atoms with Gasteiger partial charge in [0.15, 0.2) is 0 Å². The van der Waals surface area contributed by atoms with Crippen molar-refractivity contribution in [2.75, 3.05) is 5.32 Å². The van der Waals surface area contributed by atoms with Crippen molar-refractivity contribution in [1.82, 2.24) is 30.1 Å². The monoisotopic (exact) mass is 451 g/mol. The van der Waals surface area contributed by atoms with Crippen LogP contribution >= 0.6 is 0 Å². The third-order valence-electron chi connectivity index (χ3n) is 6.57. The average Bonchev–Trinajstić information content (AvgIpc) is 3.48. The summed E-state index contributed by atoms with van der Waals surface area (Å²) in [6, 6.07) is 11.7. The van der Waals surface area contributed by atoms with Crippen LogP contribution in [0.15, 0.2) is 55.0 Å². The van der Waals surface area contributed by atoms with Crippen LogP contribution in [0, 0.1) is 5.92 Å². The Hall–Kier alpha value is -4.07. The molecule has 0 atom stereocenters. The molecule has 0 aromatic carbocycles. The molecule has 34 heavy (non-hydrogen) atoms. The van der Waals surface area contributed by atoms with Gasteiger partial charge in [-0.1, -0.05) is 19.3 Å². The van der Waals surface area contributed by atoms with Crippen molar-refractivity contribution < 1.29 is 4.79 Å². The summed E-state index contributed by atoms with van der Waals surface area (Å²) in [5.74, 6) is 0.548. The summed E-state index contributed by atoms with van der Waals surface area (Å²) in [5.41, 5.74) is 7.31. The van der Waals surface area contributed by atoms with Crippen LogP contribution in [-0.2, 0) is 4.79 Å². The molecule has 1 amide bonds. The Bertz CT molecular complexity index is 1450. The Morgan fingerprint density at radius 3 is 2.85 bits per heavy atom. The summed E-state index contributed by atoms with van der Waals surface area (Å²) in [6.07, 6.45) is 11.8. The molecule has 0 spiro atoms. The highest BCUT2D eigenvalue weighted by Crippen LogP contribution is 2.30. The number of aromatic nitrogens is 6. The molecule has 0 bridgehead atoms. The summed E-state index contributed by atoms with van der Waals surface area (Å²) in [4.78, 5) is 29.6. The van der Waals surface area contributed by atoms with E-state index in [1.165, 1.54) is 19.3 Å². The Balaban J connectivity index is 1.27. The maximum absolute atomic E-state index is 12.6. The number of carbonyl (C=O) groups is 1. The van der Waals surface area contributed by atoms with Crippen LogP contribution in [0.25, 0.3) is 44.7 Å². The number of nitrogens with one attached hydrogen (secondary N) is 3. The third-order valence-corrected chi connectivity index (χ3v) is 6.57. The van der Waals surface area contributed by atoms with Crippen molar-refractivity contribution in [3.8, 4) is 22.6 Å². The van der Waals surface area contributed by atoms with E-state index in [4.69, 9.17) is 4.98 Å². The molecule has 0 unspecified atom stereocenters. The molecule has 1 aliphatic rings. The first-order valence-corrected chi connectivity index (χ1v) is 11.8.